The van der Waals surface area contributed by atoms with Crippen LogP contribution in [0, 0.1) is 12.7 Å². The molecule has 0 saturated carbocycles. The fraction of sp³-hybridized carbons (Fsp3) is 0.148. The van der Waals surface area contributed by atoms with E-state index in [4.69, 9.17) is 9.15 Å². The normalized spacial score (nSPS) is 11.4. The van der Waals surface area contributed by atoms with Crippen molar-refractivity contribution < 1.29 is 18.7 Å². The van der Waals surface area contributed by atoms with Gasteiger partial charge in [-0.3, -0.25) is 9.79 Å². The van der Waals surface area contributed by atoms with Crippen molar-refractivity contribution in [3.63, 3.8) is 0 Å². The van der Waals surface area contributed by atoms with Crippen molar-refractivity contribution in [1.82, 2.24) is 19.6 Å². The topological polar surface area (TPSA) is 125 Å². The van der Waals surface area contributed by atoms with E-state index in [-0.39, 0.29) is 18.2 Å². The Balaban J connectivity index is 1.27. The molecular weight excluding hydrogens is 493 g/mol. The predicted molar refractivity (Wildman–Crippen MR) is 138 cm³/mol. The van der Waals surface area contributed by atoms with Crippen LogP contribution in [0.3, 0.4) is 0 Å². The summed E-state index contributed by atoms with van der Waals surface area (Å²) < 4.78 is 27.6. The molecule has 0 amide bonds. The van der Waals surface area contributed by atoms with Crippen LogP contribution in [-0.2, 0) is 13.2 Å². The number of rotatable bonds is 8. The molecule has 0 aliphatic heterocycles. The van der Waals surface area contributed by atoms with Crippen LogP contribution < -0.4 is 15.8 Å². The van der Waals surface area contributed by atoms with Gasteiger partial charge in [0.15, 0.2) is 5.75 Å². The van der Waals surface area contributed by atoms with Crippen LogP contribution in [0.1, 0.15) is 17.0 Å². The fourth-order valence-corrected chi connectivity index (χ4v) is 3.84. The molecule has 0 spiro atoms. The van der Waals surface area contributed by atoms with Crippen LogP contribution in [0.15, 0.2) is 86.0 Å². The predicted octanol–water partition coefficient (Wildman–Crippen LogP) is 3.39. The Morgan fingerprint density at radius 1 is 1.13 bits per heavy atom. The largest absolute Gasteiger partial charge is 0.503 e. The first kappa shape index (κ1) is 24.6. The third-order valence-electron chi connectivity index (χ3n) is 5.88. The number of hydrogen-bond acceptors (Lipinski definition) is 8. The zero-order chi connectivity index (χ0) is 26.6. The second-order valence-corrected chi connectivity index (χ2v) is 8.44. The molecule has 10 nitrogen and oxygen atoms in total. The van der Waals surface area contributed by atoms with Gasteiger partial charge in [0.1, 0.15) is 29.5 Å². The highest BCUT2D eigenvalue weighted by molar-refractivity contribution is 5.97. The van der Waals surface area contributed by atoms with Gasteiger partial charge in [0, 0.05) is 48.1 Å². The number of nitrogens with zero attached hydrogens (tertiary/aromatic N) is 5. The van der Waals surface area contributed by atoms with Crippen LogP contribution in [0.4, 0.5) is 4.39 Å². The highest BCUT2D eigenvalue weighted by Crippen LogP contribution is 2.23. The lowest BCUT2D eigenvalue weighted by molar-refractivity contribution is 0.301. The van der Waals surface area contributed by atoms with Crippen LogP contribution in [0.2, 0.25) is 0 Å². The average Bonchev–Trinajstić information content (AvgIpc) is 3.39. The first-order chi connectivity index (χ1) is 18.4. The van der Waals surface area contributed by atoms with E-state index < -0.39 is 11.1 Å². The molecule has 0 bridgehead atoms. The molecule has 0 aliphatic carbocycles. The molecule has 0 fully saturated rings. The van der Waals surface area contributed by atoms with Gasteiger partial charge in [-0.2, -0.15) is 0 Å². The maximum absolute atomic E-state index is 13.1. The lowest BCUT2D eigenvalue weighted by atomic mass is 10.1. The number of ether oxygens (including phenoxy) is 1. The van der Waals surface area contributed by atoms with Gasteiger partial charge in [-0.15, -0.1) is 5.10 Å². The van der Waals surface area contributed by atoms with E-state index in [1.54, 1.807) is 60.4 Å². The summed E-state index contributed by atoms with van der Waals surface area (Å²) in [7, 11) is 0. The van der Waals surface area contributed by atoms with Crippen LogP contribution in [0.5, 0.6) is 11.5 Å². The molecule has 2 aromatic carbocycles. The first-order valence-electron chi connectivity index (χ1n) is 11.6. The molecule has 5 rings (SSSR count). The SMILES string of the molecule is Cc1c(O)c(=O)ccn1CCN=Cc1cc(=O)oc2cc(OCc3cn(-c4ccc(F)cc4)nn3)ccc12. The Morgan fingerprint density at radius 3 is 2.76 bits per heavy atom. The van der Waals surface area contributed by atoms with Crippen molar-refractivity contribution in [3.05, 3.63) is 110 Å². The molecule has 5 aromatic rings. The van der Waals surface area contributed by atoms with Gasteiger partial charge in [-0.25, -0.2) is 13.9 Å². The summed E-state index contributed by atoms with van der Waals surface area (Å²) in [5.41, 5.74) is 1.66. The third kappa shape index (κ3) is 5.36. The number of fused-ring (bicyclic) bond motifs is 1. The summed E-state index contributed by atoms with van der Waals surface area (Å²) >= 11 is 0. The molecule has 0 atom stereocenters. The van der Waals surface area contributed by atoms with Gasteiger partial charge in [0.2, 0.25) is 5.43 Å². The zero-order valence-electron chi connectivity index (χ0n) is 20.2. The minimum absolute atomic E-state index is 0.123. The van der Waals surface area contributed by atoms with E-state index in [9.17, 15) is 19.1 Å². The standard InChI is InChI=1S/C27H22FN5O5/c1-17-27(36)24(34)8-10-32(17)11-9-29-14-18-12-26(35)38-25-13-22(6-7-23(18)25)37-16-20-15-33(31-30-20)21-4-2-19(28)3-5-21/h2-8,10,12-15,36H,9,11,16H2,1H3. The molecule has 0 unspecified atom stereocenters. The molecule has 0 aliphatic rings. The average molecular weight is 516 g/mol. The van der Waals surface area contributed by atoms with E-state index in [1.807, 2.05) is 0 Å². The minimum atomic E-state index is -0.528. The number of aromatic hydroxyl groups is 1. The fourth-order valence-electron chi connectivity index (χ4n) is 3.84. The van der Waals surface area contributed by atoms with Crippen molar-refractivity contribution in [2.45, 2.75) is 20.1 Å². The van der Waals surface area contributed by atoms with Crippen molar-refractivity contribution in [3.8, 4) is 17.2 Å². The number of benzene rings is 2. The number of hydrogen-bond donors (Lipinski definition) is 1. The number of halogens is 1. The molecule has 1 N–H and O–H groups in total. The molecule has 0 radical (unpaired) electrons. The minimum Gasteiger partial charge on any atom is -0.503 e. The summed E-state index contributed by atoms with van der Waals surface area (Å²) in [5.74, 6) is -0.143. The Hall–Kier alpha value is -5.06. The second kappa shape index (κ2) is 10.5. The summed E-state index contributed by atoms with van der Waals surface area (Å²) in [6.45, 7) is 2.59. The van der Waals surface area contributed by atoms with Crippen LogP contribution in [-0.4, -0.2) is 37.4 Å². The first-order valence-corrected chi connectivity index (χ1v) is 11.6. The smallest absolute Gasteiger partial charge is 0.336 e. The van der Waals surface area contributed by atoms with Crippen molar-refractivity contribution in [2.24, 2.45) is 4.99 Å². The van der Waals surface area contributed by atoms with Gasteiger partial charge in [0.25, 0.3) is 0 Å². The van der Waals surface area contributed by atoms with Crippen molar-refractivity contribution >= 4 is 17.2 Å². The molecule has 0 saturated heterocycles. The Morgan fingerprint density at radius 2 is 1.95 bits per heavy atom. The van der Waals surface area contributed by atoms with E-state index in [0.29, 0.717) is 52.4 Å². The van der Waals surface area contributed by atoms with Gasteiger partial charge in [0.05, 0.1) is 24.1 Å². The molecular formula is C27H22FN5O5. The van der Waals surface area contributed by atoms with E-state index in [1.165, 1.54) is 28.9 Å². The molecule has 11 heteroatoms. The lowest BCUT2D eigenvalue weighted by Crippen LogP contribution is -2.11. The maximum Gasteiger partial charge on any atom is 0.336 e. The number of aliphatic imine (C=N–C) groups is 1. The van der Waals surface area contributed by atoms with E-state index in [0.717, 1.165) is 0 Å². The Labute approximate surface area is 214 Å². The van der Waals surface area contributed by atoms with Crippen LogP contribution >= 0.6 is 0 Å². The van der Waals surface area contributed by atoms with Gasteiger partial charge in [-0.1, -0.05) is 5.21 Å². The Kier molecular flexibility index (Phi) is 6.81. The van der Waals surface area contributed by atoms with Gasteiger partial charge < -0.3 is 18.8 Å². The highest BCUT2D eigenvalue weighted by Gasteiger charge is 2.09. The van der Waals surface area contributed by atoms with E-state index >= 15 is 0 Å². The van der Waals surface area contributed by atoms with E-state index in [2.05, 4.69) is 15.3 Å². The third-order valence-corrected chi connectivity index (χ3v) is 5.88. The monoisotopic (exact) mass is 515 g/mol. The maximum atomic E-state index is 13.1. The molecule has 3 heterocycles. The van der Waals surface area contributed by atoms with Crippen molar-refractivity contribution in [1.29, 1.82) is 0 Å². The van der Waals surface area contributed by atoms with Crippen LogP contribution in [0.25, 0.3) is 16.7 Å². The second-order valence-electron chi connectivity index (χ2n) is 8.44. The highest BCUT2D eigenvalue weighted by atomic mass is 19.1. The summed E-state index contributed by atoms with van der Waals surface area (Å²) in [5, 5.41) is 18.6. The molecule has 3 aromatic heterocycles. The zero-order valence-corrected chi connectivity index (χ0v) is 20.2. The molecule has 192 valence electrons. The quantitative estimate of drug-likeness (QED) is 0.248. The number of aromatic nitrogens is 4. The number of pyridine rings is 1. The lowest BCUT2D eigenvalue weighted by Gasteiger charge is -2.09. The summed E-state index contributed by atoms with van der Waals surface area (Å²) in [4.78, 5) is 28.0. The summed E-state index contributed by atoms with van der Waals surface area (Å²) in [6.07, 6.45) is 4.87. The summed E-state index contributed by atoms with van der Waals surface area (Å²) in [6, 6.07) is 13.7. The Bertz CT molecular complexity index is 1760. The van der Waals surface area contributed by atoms with Gasteiger partial charge >= 0.3 is 5.63 Å². The van der Waals surface area contributed by atoms with Crippen molar-refractivity contribution in [2.75, 3.05) is 6.54 Å². The van der Waals surface area contributed by atoms with Gasteiger partial charge in [-0.05, 0) is 43.3 Å². The molecule has 38 heavy (non-hydrogen) atoms.